The van der Waals surface area contributed by atoms with E-state index >= 15 is 0 Å². The number of aliphatic hydroxyl groups excluding tert-OH is 2. The van der Waals surface area contributed by atoms with Gasteiger partial charge in [-0.05, 0) is 0 Å². The minimum Gasteiger partial charge on any atom is -0.394 e. The average Bonchev–Trinajstić information content (AvgIpc) is 1.96. The Morgan fingerprint density at radius 3 is 2.15 bits per heavy atom. The maximum atomic E-state index is 10.9. The van der Waals surface area contributed by atoms with Crippen LogP contribution in [0.15, 0.2) is 0 Å². The monoisotopic (exact) mass is 211 g/mol. The molecule has 0 saturated carbocycles. The Bertz CT molecular complexity index is 256. The summed E-state index contributed by atoms with van der Waals surface area (Å²) < 4.78 is 21.2. The fourth-order valence-corrected chi connectivity index (χ4v) is 1.22. The SMILES string of the molecule is CS(=O)(=O)CC(=O)NC(CO)CO. The Morgan fingerprint density at radius 2 is 1.85 bits per heavy atom. The molecule has 78 valence electrons. The van der Waals surface area contributed by atoms with Gasteiger partial charge in [0, 0.05) is 6.26 Å². The van der Waals surface area contributed by atoms with Gasteiger partial charge in [0.2, 0.25) is 5.91 Å². The first kappa shape index (κ1) is 12.3. The summed E-state index contributed by atoms with van der Waals surface area (Å²) in [7, 11) is -3.36. The predicted octanol–water partition coefficient (Wildman–Crippen LogP) is -2.50. The van der Waals surface area contributed by atoms with Crippen LogP contribution < -0.4 is 5.32 Å². The van der Waals surface area contributed by atoms with Crippen molar-refractivity contribution in [1.29, 1.82) is 0 Å². The second-order valence-electron chi connectivity index (χ2n) is 2.70. The minimum absolute atomic E-state index is 0.425. The molecule has 0 aliphatic rings. The standard InChI is InChI=1S/C6H13NO5S/c1-13(11,12)4-6(10)7-5(2-8)3-9/h5,8-9H,2-4H2,1H3,(H,7,10). The third-order valence-electron chi connectivity index (χ3n) is 1.20. The molecule has 0 fully saturated rings. The van der Waals surface area contributed by atoms with Crippen LogP contribution in [0.25, 0.3) is 0 Å². The Labute approximate surface area is 76.5 Å². The lowest BCUT2D eigenvalue weighted by Gasteiger charge is -2.12. The maximum absolute atomic E-state index is 10.9. The van der Waals surface area contributed by atoms with Crippen molar-refractivity contribution in [2.75, 3.05) is 25.2 Å². The normalized spacial score (nSPS) is 11.7. The van der Waals surface area contributed by atoms with E-state index in [0.29, 0.717) is 0 Å². The van der Waals surface area contributed by atoms with Crippen LogP contribution >= 0.6 is 0 Å². The largest absolute Gasteiger partial charge is 0.394 e. The van der Waals surface area contributed by atoms with Crippen LogP contribution in [0.4, 0.5) is 0 Å². The molecular weight excluding hydrogens is 198 g/mol. The predicted molar refractivity (Wildman–Crippen MR) is 45.8 cm³/mol. The van der Waals surface area contributed by atoms with Crippen LogP contribution in [0.3, 0.4) is 0 Å². The molecule has 0 unspecified atom stereocenters. The Balaban J connectivity index is 4.01. The molecule has 0 aromatic carbocycles. The zero-order chi connectivity index (χ0) is 10.5. The molecule has 0 aliphatic heterocycles. The first-order valence-corrected chi connectivity index (χ1v) is 5.64. The summed E-state index contributed by atoms with van der Waals surface area (Å²) in [5, 5.41) is 19.3. The lowest BCUT2D eigenvalue weighted by atomic mass is 10.3. The van der Waals surface area contributed by atoms with Crippen LogP contribution in [0, 0.1) is 0 Å². The third kappa shape index (κ3) is 6.50. The van der Waals surface area contributed by atoms with Crippen molar-refractivity contribution in [3.63, 3.8) is 0 Å². The van der Waals surface area contributed by atoms with Gasteiger partial charge < -0.3 is 15.5 Å². The summed E-state index contributed by atoms with van der Waals surface area (Å²) in [5.74, 6) is -1.36. The number of carbonyl (C=O) groups is 1. The van der Waals surface area contributed by atoms with E-state index < -0.39 is 40.8 Å². The van der Waals surface area contributed by atoms with Gasteiger partial charge in [-0.15, -0.1) is 0 Å². The minimum atomic E-state index is -3.36. The van der Waals surface area contributed by atoms with E-state index in [-0.39, 0.29) is 0 Å². The van der Waals surface area contributed by atoms with E-state index in [0.717, 1.165) is 6.26 Å². The maximum Gasteiger partial charge on any atom is 0.235 e. The first-order valence-electron chi connectivity index (χ1n) is 3.58. The van der Waals surface area contributed by atoms with Gasteiger partial charge >= 0.3 is 0 Å². The highest BCUT2D eigenvalue weighted by molar-refractivity contribution is 7.91. The van der Waals surface area contributed by atoms with Crippen molar-refractivity contribution in [1.82, 2.24) is 5.32 Å². The van der Waals surface area contributed by atoms with Gasteiger partial charge in [-0.25, -0.2) is 8.42 Å². The molecule has 0 aromatic rings. The molecule has 0 rings (SSSR count). The highest BCUT2D eigenvalue weighted by Gasteiger charge is 2.14. The summed E-state index contributed by atoms with van der Waals surface area (Å²) in [6.45, 7) is -0.849. The molecule has 0 radical (unpaired) electrons. The number of hydrogen-bond acceptors (Lipinski definition) is 5. The molecule has 13 heavy (non-hydrogen) atoms. The molecule has 1 amide bonds. The van der Waals surface area contributed by atoms with Crippen molar-refractivity contribution in [2.24, 2.45) is 0 Å². The summed E-state index contributed by atoms with van der Waals surface area (Å²) in [4.78, 5) is 10.9. The fraction of sp³-hybridized carbons (Fsp3) is 0.833. The van der Waals surface area contributed by atoms with E-state index in [1.54, 1.807) is 0 Å². The van der Waals surface area contributed by atoms with E-state index in [2.05, 4.69) is 5.32 Å². The topological polar surface area (TPSA) is 104 Å². The van der Waals surface area contributed by atoms with Crippen molar-refractivity contribution >= 4 is 15.7 Å². The summed E-state index contributed by atoms with van der Waals surface area (Å²) in [5.41, 5.74) is 0. The lowest BCUT2D eigenvalue weighted by molar-refractivity contribution is -0.119. The van der Waals surface area contributed by atoms with Gasteiger partial charge in [0.15, 0.2) is 9.84 Å². The van der Waals surface area contributed by atoms with Crippen molar-refractivity contribution in [3.05, 3.63) is 0 Å². The van der Waals surface area contributed by atoms with Crippen LogP contribution in [0.5, 0.6) is 0 Å². The molecule has 0 bridgehead atoms. The molecule has 0 saturated heterocycles. The molecule has 0 aliphatic carbocycles. The van der Waals surface area contributed by atoms with Crippen molar-refractivity contribution < 1.29 is 23.4 Å². The molecule has 0 aromatic heterocycles. The van der Waals surface area contributed by atoms with Gasteiger partial charge in [-0.2, -0.15) is 0 Å². The lowest BCUT2D eigenvalue weighted by Crippen LogP contribution is -2.42. The van der Waals surface area contributed by atoms with E-state index in [1.807, 2.05) is 0 Å². The van der Waals surface area contributed by atoms with Crippen LogP contribution in [-0.2, 0) is 14.6 Å². The number of nitrogens with one attached hydrogen (secondary N) is 1. The molecular formula is C6H13NO5S. The zero-order valence-corrected chi connectivity index (χ0v) is 8.04. The second-order valence-corrected chi connectivity index (χ2v) is 4.84. The Morgan fingerprint density at radius 1 is 1.38 bits per heavy atom. The number of amides is 1. The molecule has 0 heterocycles. The highest BCUT2D eigenvalue weighted by atomic mass is 32.2. The van der Waals surface area contributed by atoms with Gasteiger partial charge in [0.05, 0.1) is 19.3 Å². The average molecular weight is 211 g/mol. The summed E-state index contributed by atoms with van der Waals surface area (Å²) in [6.07, 6.45) is 0.930. The first-order chi connectivity index (χ1) is 5.89. The molecule has 7 heteroatoms. The number of carbonyl (C=O) groups excluding carboxylic acids is 1. The molecule has 3 N–H and O–H groups in total. The molecule has 0 atom stereocenters. The van der Waals surface area contributed by atoms with Crippen molar-refractivity contribution in [2.45, 2.75) is 6.04 Å². The van der Waals surface area contributed by atoms with Gasteiger partial charge in [0.1, 0.15) is 5.75 Å². The number of rotatable bonds is 5. The smallest absolute Gasteiger partial charge is 0.235 e. The van der Waals surface area contributed by atoms with E-state index in [9.17, 15) is 13.2 Å². The van der Waals surface area contributed by atoms with Crippen LogP contribution in [-0.4, -0.2) is 55.8 Å². The fourth-order valence-electron chi connectivity index (χ4n) is 0.656. The number of hydrogen-bond donors (Lipinski definition) is 3. The number of sulfone groups is 1. The van der Waals surface area contributed by atoms with Gasteiger partial charge in [0.25, 0.3) is 0 Å². The van der Waals surface area contributed by atoms with Crippen LogP contribution in [0.2, 0.25) is 0 Å². The van der Waals surface area contributed by atoms with Gasteiger partial charge in [-0.1, -0.05) is 0 Å². The van der Waals surface area contributed by atoms with Crippen molar-refractivity contribution in [3.8, 4) is 0 Å². The molecule has 6 nitrogen and oxygen atoms in total. The Kier molecular flexibility index (Phi) is 4.89. The van der Waals surface area contributed by atoms with Crippen LogP contribution in [0.1, 0.15) is 0 Å². The third-order valence-corrected chi connectivity index (χ3v) is 1.99. The quantitative estimate of drug-likeness (QED) is 0.466. The van der Waals surface area contributed by atoms with E-state index in [4.69, 9.17) is 10.2 Å². The zero-order valence-electron chi connectivity index (χ0n) is 7.23. The molecule has 0 spiro atoms. The van der Waals surface area contributed by atoms with Gasteiger partial charge in [-0.3, -0.25) is 4.79 Å². The van der Waals surface area contributed by atoms with E-state index in [1.165, 1.54) is 0 Å². The number of aliphatic hydroxyl groups is 2. The highest BCUT2D eigenvalue weighted by Crippen LogP contribution is 1.85. The Hall–Kier alpha value is -0.660. The summed E-state index contributed by atoms with van der Waals surface area (Å²) >= 11 is 0. The second kappa shape index (κ2) is 5.15. The summed E-state index contributed by atoms with van der Waals surface area (Å²) in [6, 6.07) is -0.797.